The van der Waals surface area contributed by atoms with Gasteiger partial charge in [0.25, 0.3) is 0 Å². The summed E-state index contributed by atoms with van der Waals surface area (Å²) in [5, 5.41) is 2.97. The Labute approximate surface area is 100.0 Å². The highest BCUT2D eigenvalue weighted by Crippen LogP contribution is 2.20. The summed E-state index contributed by atoms with van der Waals surface area (Å²) in [7, 11) is 1.50. The molecular weight excluding hydrogens is 223 g/mol. The molecule has 94 valence electrons. The minimum absolute atomic E-state index is 0.337. The van der Waals surface area contributed by atoms with Gasteiger partial charge >= 0.3 is 0 Å². The SMILES string of the molecule is COC(C)C(C)(Nc1ccc(F)cc1)C(N)=O. The first-order valence-electron chi connectivity index (χ1n) is 5.26. The molecule has 0 aliphatic carbocycles. The average molecular weight is 240 g/mol. The number of carbonyl (C=O) groups excluding carboxylic acids is 1. The maximum Gasteiger partial charge on any atom is 0.245 e. The number of methoxy groups -OCH3 is 1. The third-order valence-corrected chi connectivity index (χ3v) is 2.93. The van der Waals surface area contributed by atoms with Crippen molar-refractivity contribution in [3.8, 4) is 0 Å². The van der Waals surface area contributed by atoms with Gasteiger partial charge in [-0.15, -0.1) is 0 Å². The lowest BCUT2D eigenvalue weighted by Crippen LogP contribution is -2.56. The molecule has 0 aliphatic rings. The van der Waals surface area contributed by atoms with Crippen LogP contribution < -0.4 is 11.1 Å². The van der Waals surface area contributed by atoms with Crippen LogP contribution in [-0.4, -0.2) is 24.7 Å². The minimum Gasteiger partial charge on any atom is -0.379 e. The van der Waals surface area contributed by atoms with Gasteiger partial charge < -0.3 is 15.8 Å². The molecule has 0 heterocycles. The van der Waals surface area contributed by atoms with Crippen LogP contribution in [0, 0.1) is 5.82 Å². The third kappa shape index (κ3) is 2.94. The zero-order valence-electron chi connectivity index (χ0n) is 10.2. The van der Waals surface area contributed by atoms with Crippen LogP contribution in [0.1, 0.15) is 13.8 Å². The molecular formula is C12H17FN2O2. The van der Waals surface area contributed by atoms with Crippen molar-refractivity contribution in [2.45, 2.75) is 25.5 Å². The fourth-order valence-electron chi connectivity index (χ4n) is 1.43. The van der Waals surface area contributed by atoms with Crippen molar-refractivity contribution < 1.29 is 13.9 Å². The summed E-state index contributed by atoms with van der Waals surface area (Å²) in [6, 6.07) is 5.69. The van der Waals surface area contributed by atoms with Gasteiger partial charge in [0.2, 0.25) is 5.91 Å². The van der Waals surface area contributed by atoms with Crippen molar-refractivity contribution in [1.29, 1.82) is 0 Å². The molecule has 0 spiro atoms. The number of nitrogens with one attached hydrogen (secondary N) is 1. The fraction of sp³-hybridized carbons (Fsp3) is 0.417. The first-order valence-corrected chi connectivity index (χ1v) is 5.26. The molecule has 0 saturated carbocycles. The van der Waals surface area contributed by atoms with E-state index < -0.39 is 17.6 Å². The molecule has 3 N–H and O–H groups in total. The number of anilines is 1. The summed E-state index contributed by atoms with van der Waals surface area (Å²) in [6.45, 7) is 3.38. The van der Waals surface area contributed by atoms with Crippen LogP contribution in [0.2, 0.25) is 0 Å². The Balaban J connectivity index is 2.94. The molecule has 2 unspecified atom stereocenters. The second-order valence-electron chi connectivity index (χ2n) is 4.08. The lowest BCUT2D eigenvalue weighted by molar-refractivity contribution is -0.125. The van der Waals surface area contributed by atoms with Gasteiger partial charge in [-0.3, -0.25) is 4.79 Å². The van der Waals surface area contributed by atoms with Gasteiger partial charge in [0.1, 0.15) is 11.4 Å². The molecule has 5 heteroatoms. The van der Waals surface area contributed by atoms with Gasteiger partial charge in [-0.2, -0.15) is 0 Å². The second kappa shape index (κ2) is 5.14. The van der Waals surface area contributed by atoms with Crippen LogP contribution in [0.15, 0.2) is 24.3 Å². The molecule has 1 aromatic rings. The quantitative estimate of drug-likeness (QED) is 0.820. The summed E-state index contributed by atoms with van der Waals surface area (Å²) in [4.78, 5) is 11.5. The Morgan fingerprint density at radius 2 is 2.00 bits per heavy atom. The zero-order valence-corrected chi connectivity index (χ0v) is 10.2. The summed E-state index contributed by atoms with van der Waals surface area (Å²) >= 11 is 0. The number of primary amides is 1. The average Bonchev–Trinajstić information content (AvgIpc) is 2.30. The van der Waals surface area contributed by atoms with Crippen LogP contribution in [-0.2, 0) is 9.53 Å². The number of ether oxygens (including phenoxy) is 1. The van der Waals surface area contributed by atoms with Gasteiger partial charge in [-0.25, -0.2) is 4.39 Å². The van der Waals surface area contributed by atoms with Crippen molar-refractivity contribution >= 4 is 11.6 Å². The standard InChI is InChI=1S/C12H17FN2O2/c1-8(17-3)12(2,11(14)16)15-10-6-4-9(13)5-7-10/h4-8,15H,1-3H3,(H2,14,16). The van der Waals surface area contributed by atoms with Crippen LogP contribution in [0.3, 0.4) is 0 Å². The summed E-state index contributed by atoms with van der Waals surface area (Å²) in [5.41, 5.74) is 4.93. The van der Waals surface area contributed by atoms with Gasteiger partial charge in [-0.05, 0) is 38.1 Å². The molecule has 0 aliphatic heterocycles. The van der Waals surface area contributed by atoms with E-state index >= 15 is 0 Å². The zero-order chi connectivity index (χ0) is 13.1. The molecule has 0 fully saturated rings. The summed E-state index contributed by atoms with van der Waals surface area (Å²) in [6.07, 6.45) is -0.412. The molecule has 0 saturated heterocycles. The van der Waals surface area contributed by atoms with E-state index in [1.165, 1.54) is 19.2 Å². The fourth-order valence-corrected chi connectivity index (χ4v) is 1.43. The Bertz CT molecular complexity index is 394. The lowest BCUT2D eigenvalue weighted by Gasteiger charge is -2.33. The molecule has 1 rings (SSSR count). The van der Waals surface area contributed by atoms with E-state index in [0.717, 1.165) is 0 Å². The highest BCUT2D eigenvalue weighted by atomic mass is 19.1. The predicted molar refractivity (Wildman–Crippen MR) is 64.1 cm³/mol. The van der Waals surface area contributed by atoms with Crippen molar-refractivity contribution in [1.82, 2.24) is 0 Å². The molecule has 2 atom stereocenters. The largest absolute Gasteiger partial charge is 0.379 e. The minimum atomic E-state index is -1.05. The van der Waals surface area contributed by atoms with E-state index in [0.29, 0.717) is 5.69 Å². The highest BCUT2D eigenvalue weighted by molar-refractivity contribution is 5.88. The molecule has 17 heavy (non-hydrogen) atoms. The van der Waals surface area contributed by atoms with Crippen LogP contribution in [0.5, 0.6) is 0 Å². The Morgan fingerprint density at radius 1 is 1.47 bits per heavy atom. The third-order valence-electron chi connectivity index (χ3n) is 2.93. The number of amides is 1. The monoisotopic (exact) mass is 240 g/mol. The molecule has 4 nitrogen and oxygen atoms in total. The Hall–Kier alpha value is -1.62. The molecule has 1 aromatic carbocycles. The second-order valence-corrected chi connectivity index (χ2v) is 4.08. The number of halogens is 1. The van der Waals surface area contributed by atoms with Gasteiger partial charge in [0, 0.05) is 12.8 Å². The molecule has 0 radical (unpaired) electrons. The number of hydrogen-bond donors (Lipinski definition) is 2. The number of benzene rings is 1. The Morgan fingerprint density at radius 3 is 2.41 bits per heavy atom. The topological polar surface area (TPSA) is 64.3 Å². The van der Waals surface area contributed by atoms with Crippen molar-refractivity contribution in [2.75, 3.05) is 12.4 Å². The maximum atomic E-state index is 12.8. The molecule has 0 aromatic heterocycles. The number of nitrogens with two attached hydrogens (primary N) is 1. The van der Waals surface area contributed by atoms with Crippen molar-refractivity contribution in [3.05, 3.63) is 30.1 Å². The lowest BCUT2D eigenvalue weighted by atomic mass is 9.94. The van der Waals surface area contributed by atoms with Crippen LogP contribution >= 0.6 is 0 Å². The van der Waals surface area contributed by atoms with E-state index in [2.05, 4.69) is 5.32 Å². The van der Waals surface area contributed by atoms with E-state index in [1.54, 1.807) is 26.0 Å². The smallest absolute Gasteiger partial charge is 0.245 e. The van der Waals surface area contributed by atoms with Gasteiger partial charge in [-0.1, -0.05) is 0 Å². The Kier molecular flexibility index (Phi) is 4.07. The van der Waals surface area contributed by atoms with Gasteiger partial charge in [0.15, 0.2) is 0 Å². The van der Waals surface area contributed by atoms with E-state index in [9.17, 15) is 9.18 Å². The van der Waals surface area contributed by atoms with Crippen LogP contribution in [0.4, 0.5) is 10.1 Å². The maximum absolute atomic E-state index is 12.8. The predicted octanol–water partition coefficient (Wildman–Crippen LogP) is 1.52. The number of hydrogen-bond acceptors (Lipinski definition) is 3. The van der Waals surface area contributed by atoms with Crippen LogP contribution in [0.25, 0.3) is 0 Å². The summed E-state index contributed by atoms with van der Waals surface area (Å²) in [5.74, 6) is -0.868. The van der Waals surface area contributed by atoms with E-state index in [-0.39, 0.29) is 5.82 Å². The van der Waals surface area contributed by atoms with Gasteiger partial charge in [0.05, 0.1) is 6.10 Å². The first-order chi connectivity index (χ1) is 7.90. The first kappa shape index (κ1) is 13.4. The van der Waals surface area contributed by atoms with Crippen molar-refractivity contribution in [3.63, 3.8) is 0 Å². The summed E-state index contributed by atoms with van der Waals surface area (Å²) < 4.78 is 17.9. The number of rotatable bonds is 5. The molecule has 0 bridgehead atoms. The number of carbonyl (C=O) groups is 1. The van der Waals surface area contributed by atoms with E-state index in [4.69, 9.17) is 10.5 Å². The normalized spacial score (nSPS) is 16.0. The highest BCUT2D eigenvalue weighted by Gasteiger charge is 2.37. The van der Waals surface area contributed by atoms with Crippen molar-refractivity contribution in [2.24, 2.45) is 5.73 Å². The van der Waals surface area contributed by atoms with E-state index in [1.807, 2.05) is 0 Å². The molecule has 1 amide bonds.